The number of piperazine rings is 1. The topological polar surface area (TPSA) is 49.3 Å². The van der Waals surface area contributed by atoms with E-state index in [0.717, 1.165) is 37.1 Å². The third-order valence-corrected chi connectivity index (χ3v) is 3.71. The van der Waals surface area contributed by atoms with Crippen LogP contribution in [-0.2, 0) is 0 Å². The SMILES string of the molecule is Cc1nc(C(=O)N2CCN(C)CC2)c2ccccc2n1. The lowest BCUT2D eigenvalue weighted by molar-refractivity contribution is 0.0660. The number of hydrogen-bond donors (Lipinski definition) is 0. The van der Waals surface area contributed by atoms with E-state index in [2.05, 4.69) is 21.9 Å². The van der Waals surface area contributed by atoms with Crippen LogP contribution in [0.15, 0.2) is 24.3 Å². The number of amides is 1. The highest BCUT2D eigenvalue weighted by Gasteiger charge is 2.23. The van der Waals surface area contributed by atoms with Crippen molar-refractivity contribution in [2.24, 2.45) is 0 Å². The van der Waals surface area contributed by atoms with Crippen LogP contribution < -0.4 is 0 Å². The molecule has 1 fully saturated rings. The molecule has 0 radical (unpaired) electrons. The number of nitrogens with zero attached hydrogens (tertiary/aromatic N) is 4. The molecule has 1 aliphatic heterocycles. The molecular formula is C15H18N4O. The summed E-state index contributed by atoms with van der Waals surface area (Å²) in [6.45, 7) is 5.16. The second-order valence-electron chi connectivity index (χ2n) is 5.23. The number of carbonyl (C=O) groups is 1. The quantitative estimate of drug-likeness (QED) is 0.784. The Bertz CT molecular complexity index is 647. The van der Waals surface area contributed by atoms with E-state index in [4.69, 9.17) is 0 Å². The van der Waals surface area contributed by atoms with E-state index in [9.17, 15) is 4.79 Å². The number of para-hydroxylation sites is 1. The maximum Gasteiger partial charge on any atom is 0.273 e. The van der Waals surface area contributed by atoms with Gasteiger partial charge in [0.25, 0.3) is 5.91 Å². The zero-order valence-electron chi connectivity index (χ0n) is 11.8. The monoisotopic (exact) mass is 270 g/mol. The third kappa shape index (κ3) is 2.36. The number of rotatable bonds is 1. The van der Waals surface area contributed by atoms with Gasteiger partial charge < -0.3 is 9.80 Å². The number of likely N-dealkylation sites (N-methyl/N-ethyl adjacent to an activating group) is 1. The lowest BCUT2D eigenvalue weighted by Gasteiger charge is -2.32. The molecule has 0 unspecified atom stereocenters. The lowest BCUT2D eigenvalue weighted by atomic mass is 10.1. The summed E-state index contributed by atoms with van der Waals surface area (Å²) in [5.74, 6) is 0.654. The third-order valence-electron chi connectivity index (χ3n) is 3.71. The van der Waals surface area contributed by atoms with Crippen LogP contribution in [0.25, 0.3) is 10.9 Å². The van der Waals surface area contributed by atoms with Gasteiger partial charge >= 0.3 is 0 Å². The first kappa shape index (κ1) is 13.0. The molecule has 1 saturated heterocycles. The summed E-state index contributed by atoms with van der Waals surface area (Å²) >= 11 is 0. The largest absolute Gasteiger partial charge is 0.335 e. The van der Waals surface area contributed by atoms with Gasteiger partial charge in [-0.2, -0.15) is 0 Å². The van der Waals surface area contributed by atoms with Crippen molar-refractivity contribution >= 4 is 16.8 Å². The molecule has 0 spiro atoms. The predicted octanol–water partition coefficient (Wildman–Crippen LogP) is 1.33. The second-order valence-corrected chi connectivity index (χ2v) is 5.23. The zero-order valence-corrected chi connectivity index (χ0v) is 11.8. The van der Waals surface area contributed by atoms with Crippen molar-refractivity contribution in [1.82, 2.24) is 19.8 Å². The van der Waals surface area contributed by atoms with E-state index < -0.39 is 0 Å². The van der Waals surface area contributed by atoms with E-state index in [-0.39, 0.29) is 5.91 Å². The first-order chi connectivity index (χ1) is 9.65. The number of carbonyl (C=O) groups excluding carboxylic acids is 1. The molecule has 20 heavy (non-hydrogen) atoms. The van der Waals surface area contributed by atoms with E-state index in [1.807, 2.05) is 36.1 Å². The van der Waals surface area contributed by atoms with Crippen molar-refractivity contribution in [3.8, 4) is 0 Å². The van der Waals surface area contributed by atoms with Crippen molar-refractivity contribution in [1.29, 1.82) is 0 Å². The van der Waals surface area contributed by atoms with Crippen molar-refractivity contribution in [3.63, 3.8) is 0 Å². The summed E-state index contributed by atoms with van der Waals surface area (Å²) in [5.41, 5.74) is 1.36. The summed E-state index contributed by atoms with van der Waals surface area (Å²) in [6.07, 6.45) is 0. The van der Waals surface area contributed by atoms with Gasteiger partial charge in [0, 0.05) is 31.6 Å². The molecule has 2 heterocycles. The highest BCUT2D eigenvalue weighted by atomic mass is 16.2. The van der Waals surface area contributed by atoms with Crippen LogP contribution in [0.3, 0.4) is 0 Å². The highest BCUT2D eigenvalue weighted by molar-refractivity contribution is 6.04. The Hall–Kier alpha value is -2.01. The number of aromatic nitrogens is 2. The molecule has 1 aromatic heterocycles. The smallest absolute Gasteiger partial charge is 0.273 e. The Labute approximate surface area is 118 Å². The molecule has 1 aromatic carbocycles. The van der Waals surface area contributed by atoms with E-state index >= 15 is 0 Å². The van der Waals surface area contributed by atoms with Crippen LogP contribution in [0, 0.1) is 6.92 Å². The normalized spacial score (nSPS) is 16.6. The fourth-order valence-electron chi connectivity index (χ4n) is 2.52. The molecule has 0 bridgehead atoms. The molecule has 0 aliphatic carbocycles. The van der Waals surface area contributed by atoms with Crippen LogP contribution in [0.2, 0.25) is 0 Å². The first-order valence-corrected chi connectivity index (χ1v) is 6.86. The minimum atomic E-state index is 0.0137. The fourth-order valence-corrected chi connectivity index (χ4v) is 2.52. The Balaban J connectivity index is 1.99. The average Bonchev–Trinajstić information content (AvgIpc) is 2.46. The maximum atomic E-state index is 12.7. The number of benzene rings is 1. The van der Waals surface area contributed by atoms with Crippen molar-refractivity contribution < 1.29 is 4.79 Å². The first-order valence-electron chi connectivity index (χ1n) is 6.86. The number of fused-ring (bicyclic) bond motifs is 1. The minimum absolute atomic E-state index is 0.0137. The van der Waals surface area contributed by atoms with Crippen LogP contribution in [0.5, 0.6) is 0 Å². The average molecular weight is 270 g/mol. The van der Waals surface area contributed by atoms with Gasteiger partial charge in [-0.15, -0.1) is 0 Å². The van der Waals surface area contributed by atoms with Gasteiger partial charge in [-0.25, -0.2) is 9.97 Å². The second kappa shape index (κ2) is 5.17. The minimum Gasteiger partial charge on any atom is -0.335 e. The van der Waals surface area contributed by atoms with Crippen LogP contribution in [0.1, 0.15) is 16.3 Å². The lowest BCUT2D eigenvalue weighted by Crippen LogP contribution is -2.47. The van der Waals surface area contributed by atoms with Gasteiger partial charge in [0.2, 0.25) is 0 Å². The molecule has 5 heteroatoms. The molecule has 3 rings (SSSR count). The van der Waals surface area contributed by atoms with E-state index in [1.165, 1.54) is 0 Å². The molecule has 1 amide bonds. The Morgan fingerprint density at radius 1 is 1.10 bits per heavy atom. The summed E-state index contributed by atoms with van der Waals surface area (Å²) in [5, 5.41) is 0.835. The molecule has 5 nitrogen and oxygen atoms in total. The fraction of sp³-hybridized carbons (Fsp3) is 0.400. The van der Waals surface area contributed by atoms with E-state index in [1.54, 1.807) is 0 Å². The summed E-state index contributed by atoms with van der Waals surface area (Å²) in [7, 11) is 2.08. The molecule has 0 atom stereocenters. The van der Waals surface area contributed by atoms with Crippen molar-refractivity contribution in [3.05, 3.63) is 35.8 Å². The van der Waals surface area contributed by atoms with Crippen LogP contribution in [0.4, 0.5) is 0 Å². The Kier molecular flexibility index (Phi) is 3.36. The molecule has 0 N–H and O–H groups in total. The van der Waals surface area contributed by atoms with Crippen molar-refractivity contribution in [2.45, 2.75) is 6.92 Å². The molecule has 2 aromatic rings. The van der Waals surface area contributed by atoms with Gasteiger partial charge in [0.05, 0.1) is 5.52 Å². The number of hydrogen-bond acceptors (Lipinski definition) is 4. The molecular weight excluding hydrogens is 252 g/mol. The maximum absolute atomic E-state index is 12.7. The summed E-state index contributed by atoms with van der Waals surface area (Å²) in [4.78, 5) is 25.6. The Morgan fingerprint density at radius 2 is 1.80 bits per heavy atom. The Morgan fingerprint density at radius 3 is 2.55 bits per heavy atom. The highest BCUT2D eigenvalue weighted by Crippen LogP contribution is 2.17. The van der Waals surface area contributed by atoms with Crippen molar-refractivity contribution in [2.75, 3.05) is 33.2 Å². The zero-order chi connectivity index (χ0) is 14.1. The summed E-state index contributed by atoms with van der Waals surface area (Å²) in [6, 6.07) is 7.68. The van der Waals surface area contributed by atoms with Crippen LogP contribution >= 0.6 is 0 Å². The molecule has 0 saturated carbocycles. The standard InChI is InChI=1S/C15H18N4O/c1-11-16-13-6-4-3-5-12(13)14(17-11)15(20)19-9-7-18(2)8-10-19/h3-6H,7-10H2,1-2H3. The predicted molar refractivity (Wildman–Crippen MR) is 77.7 cm³/mol. The van der Waals surface area contributed by atoms with Gasteiger partial charge in [0.1, 0.15) is 11.5 Å². The van der Waals surface area contributed by atoms with Crippen LogP contribution in [-0.4, -0.2) is 58.9 Å². The van der Waals surface area contributed by atoms with Gasteiger partial charge in [-0.1, -0.05) is 18.2 Å². The van der Waals surface area contributed by atoms with Gasteiger partial charge in [-0.3, -0.25) is 4.79 Å². The summed E-state index contributed by atoms with van der Waals surface area (Å²) < 4.78 is 0. The molecule has 104 valence electrons. The van der Waals surface area contributed by atoms with Gasteiger partial charge in [0.15, 0.2) is 0 Å². The number of aryl methyl sites for hydroxylation is 1. The van der Waals surface area contributed by atoms with Gasteiger partial charge in [-0.05, 0) is 20.0 Å². The molecule has 1 aliphatic rings. The van der Waals surface area contributed by atoms with E-state index in [0.29, 0.717) is 11.5 Å².